The Labute approximate surface area is 159 Å². The fourth-order valence-electron chi connectivity index (χ4n) is 3.52. The van der Waals surface area contributed by atoms with Crippen molar-refractivity contribution in [3.05, 3.63) is 59.6 Å². The Bertz CT molecular complexity index is 860. The molecule has 1 aromatic heterocycles. The van der Waals surface area contributed by atoms with E-state index >= 15 is 0 Å². The van der Waals surface area contributed by atoms with Gasteiger partial charge in [0.05, 0.1) is 0 Å². The van der Waals surface area contributed by atoms with Gasteiger partial charge in [0.1, 0.15) is 11.5 Å². The summed E-state index contributed by atoms with van der Waals surface area (Å²) in [6.07, 6.45) is 6.46. The van der Waals surface area contributed by atoms with E-state index in [1.165, 1.54) is 12.5 Å². The Morgan fingerprint density at radius 2 is 1.81 bits per heavy atom. The number of hydrogen-bond acceptors (Lipinski definition) is 3. The molecule has 4 rings (SSSR count). The average Bonchev–Trinajstić information content (AvgIpc) is 3.11. The van der Waals surface area contributed by atoms with Gasteiger partial charge in [-0.3, -0.25) is 9.59 Å². The quantitative estimate of drug-likeness (QED) is 0.805. The molecule has 27 heavy (non-hydrogen) atoms. The third-order valence-corrected chi connectivity index (χ3v) is 5.31. The van der Waals surface area contributed by atoms with Gasteiger partial charge >= 0.3 is 0 Å². The highest BCUT2D eigenvalue weighted by Gasteiger charge is 2.36. The van der Waals surface area contributed by atoms with E-state index in [4.69, 9.17) is 4.42 Å². The molecule has 2 amide bonds. The van der Waals surface area contributed by atoms with Crippen molar-refractivity contribution in [3.63, 3.8) is 0 Å². The van der Waals surface area contributed by atoms with E-state index in [0.29, 0.717) is 28.8 Å². The number of benzene rings is 1. The van der Waals surface area contributed by atoms with E-state index in [1.807, 2.05) is 17.0 Å². The van der Waals surface area contributed by atoms with Gasteiger partial charge < -0.3 is 14.6 Å². The van der Waals surface area contributed by atoms with Gasteiger partial charge in [0, 0.05) is 36.3 Å². The van der Waals surface area contributed by atoms with Gasteiger partial charge in [-0.1, -0.05) is 6.92 Å². The van der Waals surface area contributed by atoms with E-state index in [9.17, 15) is 9.59 Å². The Balaban J connectivity index is 1.32. The molecule has 1 saturated heterocycles. The zero-order chi connectivity index (χ0) is 18.8. The molecule has 0 bridgehead atoms. The van der Waals surface area contributed by atoms with Crippen molar-refractivity contribution in [2.45, 2.75) is 32.1 Å². The Hall–Kier alpha value is -2.82. The van der Waals surface area contributed by atoms with Crippen LogP contribution in [-0.2, 0) is 4.79 Å². The minimum atomic E-state index is -0.230. The highest BCUT2D eigenvalue weighted by molar-refractivity contribution is 6.02. The summed E-state index contributed by atoms with van der Waals surface area (Å²) < 4.78 is 5.76. The summed E-state index contributed by atoms with van der Waals surface area (Å²) in [7, 11) is 0. The van der Waals surface area contributed by atoms with Crippen LogP contribution in [0.25, 0.3) is 6.08 Å². The second-order valence-electron chi connectivity index (χ2n) is 7.46. The Morgan fingerprint density at radius 1 is 1.11 bits per heavy atom. The molecule has 5 heteroatoms. The summed E-state index contributed by atoms with van der Waals surface area (Å²) in [5, 5.41) is 2.80. The monoisotopic (exact) mass is 364 g/mol. The number of carbonyl (C=O) groups is 2. The summed E-state index contributed by atoms with van der Waals surface area (Å²) in [4.78, 5) is 26.3. The molecule has 140 valence electrons. The predicted octanol–water partition coefficient (Wildman–Crippen LogP) is 4.29. The lowest BCUT2D eigenvalue weighted by Gasteiger charge is -2.15. The van der Waals surface area contributed by atoms with Crippen molar-refractivity contribution in [3.8, 4) is 0 Å². The number of nitrogens with zero attached hydrogens (tertiary/aromatic N) is 1. The zero-order valence-electron chi connectivity index (χ0n) is 15.5. The molecule has 5 nitrogen and oxygen atoms in total. The van der Waals surface area contributed by atoms with Crippen molar-refractivity contribution >= 4 is 23.6 Å². The molecule has 1 aliphatic carbocycles. The maximum atomic E-state index is 12.3. The summed E-state index contributed by atoms with van der Waals surface area (Å²) in [5.74, 6) is 2.74. The molecular formula is C22H24N2O3. The highest BCUT2D eigenvalue weighted by atomic mass is 16.3. The topological polar surface area (TPSA) is 62.6 Å². The van der Waals surface area contributed by atoms with Crippen LogP contribution in [0.5, 0.6) is 0 Å². The third kappa shape index (κ3) is 4.13. The van der Waals surface area contributed by atoms with Gasteiger partial charge in [0.2, 0.25) is 5.91 Å². The fourth-order valence-corrected chi connectivity index (χ4v) is 3.52. The lowest BCUT2D eigenvalue weighted by molar-refractivity contribution is -0.111. The molecule has 2 fully saturated rings. The smallest absolute Gasteiger partial charge is 0.253 e. The van der Waals surface area contributed by atoms with Gasteiger partial charge in [-0.05, 0) is 67.7 Å². The maximum absolute atomic E-state index is 12.3. The van der Waals surface area contributed by atoms with Gasteiger partial charge in [-0.15, -0.1) is 0 Å². The van der Waals surface area contributed by atoms with Crippen molar-refractivity contribution < 1.29 is 14.0 Å². The number of amides is 2. The van der Waals surface area contributed by atoms with Crippen LogP contribution in [0.2, 0.25) is 0 Å². The van der Waals surface area contributed by atoms with E-state index in [-0.39, 0.29) is 11.8 Å². The number of hydrogen-bond donors (Lipinski definition) is 1. The first-order valence-corrected chi connectivity index (χ1v) is 9.58. The van der Waals surface area contributed by atoms with Gasteiger partial charge in [0.15, 0.2) is 0 Å². The Kier molecular flexibility index (Phi) is 4.84. The van der Waals surface area contributed by atoms with Crippen molar-refractivity contribution in [2.75, 3.05) is 18.4 Å². The summed E-state index contributed by atoms with van der Waals surface area (Å²) in [6, 6.07) is 10.9. The van der Waals surface area contributed by atoms with Crippen molar-refractivity contribution in [2.24, 2.45) is 5.92 Å². The van der Waals surface area contributed by atoms with Crippen molar-refractivity contribution in [1.29, 1.82) is 0 Å². The number of furan rings is 1. The zero-order valence-corrected chi connectivity index (χ0v) is 15.5. The van der Waals surface area contributed by atoms with E-state index in [0.717, 1.165) is 31.7 Å². The molecule has 2 aliphatic rings. The summed E-state index contributed by atoms with van der Waals surface area (Å²) in [5.41, 5.74) is 1.32. The third-order valence-electron chi connectivity index (χ3n) is 5.31. The minimum Gasteiger partial charge on any atom is -0.461 e. The molecule has 2 heterocycles. The number of carbonyl (C=O) groups excluding carboxylic acids is 2. The molecular weight excluding hydrogens is 340 g/mol. The summed E-state index contributed by atoms with van der Waals surface area (Å²) >= 11 is 0. The molecule has 0 unspecified atom stereocenters. The van der Waals surface area contributed by atoms with Crippen LogP contribution >= 0.6 is 0 Å². The second-order valence-corrected chi connectivity index (χ2v) is 7.46. The first kappa shape index (κ1) is 17.6. The maximum Gasteiger partial charge on any atom is 0.253 e. The van der Waals surface area contributed by atoms with Crippen LogP contribution in [0.15, 0.2) is 46.9 Å². The number of nitrogens with one attached hydrogen (secondary N) is 1. The van der Waals surface area contributed by atoms with E-state index < -0.39 is 0 Å². The lowest BCUT2D eigenvalue weighted by Crippen LogP contribution is -2.27. The van der Waals surface area contributed by atoms with Crippen LogP contribution in [0.1, 0.15) is 54.0 Å². The lowest BCUT2D eigenvalue weighted by atomic mass is 10.2. The fraction of sp³-hybridized carbons (Fsp3) is 0.364. The molecule has 1 N–H and O–H groups in total. The first-order valence-electron chi connectivity index (χ1n) is 9.58. The Morgan fingerprint density at radius 3 is 2.48 bits per heavy atom. The molecule has 2 atom stereocenters. The average molecular weight is 364 g/mol. The number of anilines is 1. The first-order chi connectivity index (χ1) is 13.1. The van der Waals surface area contributed by atoms with Crippen LogP contribution in [0.4, 0.5) is 5.69 Å². The van der Waals surface area contributed by atoms with E-state index in [2.05, 4.69) is 12.2 Å². The largest absolute Gasteiger partial charge is 0.461 e. The van der Waals surface area contributed by atoms with Crippen molar-refractivity contribution in [1.82, 2.24) is 4.90 Å². The molecule has 0 radical (unpaired) electrons. The van der Waals surface area contributed by atoms with Gasteiger partial charge in [-0.25, -0.2) is 0 Å². The number of likely N-dealkylation sites (tertiary alicyclic amines) is 1. The van der Waals surface area contributed by atoms with Gasteiger partial charge in [-0.2, -0.15) is 0 Å². The molecule has 2 aromatic rings. The minimum absolute atomic E-state index is 0.0591. The highest BCUT2D eigenvalue weighted by Crippen LogP contribution is 2.47. The standard InChI is InChI=1S/C22H24N2O3/c1-15-14-19(15)20-10-8-18(27-20)9-11-21(25)23-17-6-4-16(5-7-17)22(26)24-12-2-3-13-24/h4-11,15,19H,2-3,12-14H2,1H3,(H,23,25)/b11-9+/t15-,19+/m1/s1. The number of rotatable bonds is 5. The van der Waals surface area contributed by atoms with Gasteiger partial charge in [0.25, 0.3) is 5.91 Å². The van der Waals surface area contributed by atoms with Crippen LogP contribution in [0, 0.1) is 5.92 Å². The normalized spacial score (nSPS) is 21.6. The van der Waals surface area contributed by atoms with Crippen LogP contribution < -0.4 is 5.32 Å². The predicted molar refractivity (Wildman–Crippen MR) is 104 cm³/mol. The van der Waals surface area contributed by atoms with Crippen LogP contribution in [-0.4, -0.2) is 29.8 Å². The molecule has 1 aromatic carbocycles. The SMILES string of the molecule is C[C@@H]1C[C@@H]1c1ccc(/C=C/C(=O)Nc2ccc(C(=O)N3CCCC3)cc2)o1. The second kappa shape index (κ2) is 7.43. The molecule has 1 saturated carbocycles. The summed E-state index contributed by atoms with van der Waals surface area (Å²) in [6.45, 7) is 3.87. The van der Waals surface area contributed by atoms with Crippen LogP contribution in [0.3, 0.4) is 0 Å². The van der Waals surface area contributed by atoms with E-state index in [1.54, 1.807) is 30.3 Å². The molecule has 0 spiro atoms. The molecule has 1 aliphatic heterocycles.